The normalized spacial score (nSPS) is 18.0. The fourth-order valence-corrected chi connectivity index (χ4v) is 13.6. The first kappa shape index (κ1) is 36.7. The van der Waals surface area contributed by atoms with E-state index in [-0.39, 0.29) is 38.2 Å². The molecular formula is C32H28F6O10S2Si. The lowest BCUT2D eigenvalue weighted by molar-refractivity contribution is -0.0504. The van der Waals surface area contributed by atoms with Crippen molar-refractivity contribution in [3.63, 3.8) is 0 Å². The van der Waals surface area contributed by atoms with Crippen molar-refractivity contribution < 1.29 is 70.6 Å². The Morgan fingerprint density at radius 2 is 1.22 bits per heavy atom. The zero-order valence-corrected chi connectivity index (χ0v) is 29.5. The number of carbonyl (C=O) groups excluding carboxylic acids is 2. The van der Waals surface area contributed by atoms with Crippen LogP contribution in [0.4, 0.5) is 26.3 Å². The summed E-state index contributed by atoms with van der Waals surface area (Å²) in [5.74, 6) is -3.14. The van der Waals surface area contributed by atoms with Gasteiger partial charge in [-0.05, 0) is 85.7 Å². The Balaban J connectivity index is 1.66. The molecule has 1 saturated heterocycles. The van der Waals surface area contributed by atoms with Crippen LogP contribution in [0.2, 0.25) is 12.1 Å². The van der Waals surface area contributed by atoms with E-state index in [2.05, 4.69) is 8.37 Å². The van der Waals surface area contributed by atoms with E-state index >= 15 is 0 Å². The molecule has 0 aromatic heterocycles. The molecule has 51 heavy (non-hydrogen) atoms. The molecule has 274 valence electrons. The maximum atomic E-state index is 13.6. The SMILES string of the molecule is CC(C)(C)OC(=O)c1ccc2c(c1)C1(OC2=O)c2ccc(OS(=O)(=O)C(F)(F)F)cc2[Si]2(CCCCC2)c2cc(OS(=O)(=O)C(F)(F)F)ccc21. The molecule has 3 heterocycles. The Morgan fingerprint density at radius 3 is 1.67 bits per heavy atom. The van der Waals surface area contributed by atoms with Crippen LogP contribution in [0.15, 0.2) is 54.6 Å². The van der Waals surface area contributed by atoms with Crippen LogP contribution in [-0.4, -0.2) is 53.5 Å². The third kappa shape index (κ3) is 6.05. The number of fused-ring (bicyclic) bond motifs is 8. The van der Waals surface area contributed by atoms with Gasteiger partial charge >= 0.3 is 43.2 Å². The van der Waals surface area contributed by atoms with E-state index in [1.54, 1.807) is 20.8 Å². The first-order valence-corrected chi connectivity index (χ1v) is 20.6. The largest absolute Gasteiger partial charge is 0.534 e. The number of hydrogen-bond donors (Lipinski definition) is 0. The van der Waals surface area contributed by atoms with Gasteiger partial charge in [-0.15, -0.1) is 0 Å². The van der Waals surface area contributed by atoms with Crippen LogP contribution in [-0.2, 0) is 35.3 Å². The Morgan fingerprint density at radius 1 is 0.725 bits per heavy atom. The van der Waals surface area contributed by atoms with Crippen molar-refractivity contribution in [2.75, 3.05) is 0 Å². The summed E-state index contributed by atoms with van der Waals surface area (Å²) in [5.41, 5.74) is -14.1. The summed E-state index contributed by atoms with van der Waals surface area (Å²) in [5, 5.41) is 0.479. The topological polar surface area (TPSA) is 139 Å². The summed E-state index contributed by atoms with van der Waals surface area (Å²) in [6, 6.07) is 11.2. The Labute approximate surface area is 288 Å². The number of carbonyl (C=O) groups is 2. The third-order valence-electron chi connectivity index (χ3n) is 8.96. The summed E-state index contributed by atoms with van der Waals surface area (Å²) >= 11 is 0. The van der Waals surface area contributed by atoms with E-state index in [4.69, 9.17) is 9.47 Å². The third-order valence-corrected chi connectivity index (χ3v) is 16.2. The van der Waals surface area contributed by atoms with Crippen molar-refractivity contribution in [2.45, 2.75) is 74.3 Å². The highest BCUT2D eigenvalue weighted by Gasteiger charge is 2.59. The van der Waals surface area contributed by atoms with Gasteiger partial charge in [0.15, 0.2) is 5.60 Å². The highest BCUT2D eigenvalue weighted by atomic mass is 32.2. The minimum Gasteiger partial charge on any atom is -0.456 e. The molecule has 0 N–H and O–H groups in total. The monoisotopic (exact) mass is 778 g/mol. The van der Waals surface area contributed by atoms with E-state index in [0.29, 0.717) is 31.4 Å². The molecule has 2 spiro atoms. The molecule has 3 aliphatic heterocycles. The van der Waals surface area contributed by atoms with Gasteiger partial charge in [-0.3, -0.25) is 0 Å². The van der Waals surface area contributed by atoms with Crippen LogP contribution in [0.25, 0.3) is 0 Å². The molecule has 0 aliphatic carbocycles. The van der Waals surface area contributed by atoms with Gasteiger partial charge in [0.25, 0.3) is 0 Å². The van der Waals surface area contributed by atoms with Gasteiger partial charge < -0.3 is 17.8 Å². The minimum absolute atomic E-state index is 0.0212. The number of rotatable bonds is 5. The van der Waals surface area contributed by atoms with E-state index in [1.807, 2.05) is 0 Å². The molecule has 0 bridgehead atoms. The van der Waals surface area contributed by atoms with Gasteiger partial charge in [-0.25, -0.2) is 9.59 Å². The minimum atomic E-state index is -6.15. The molecule has 10 nitrogen and oxygen atoms in total. The molecule has 19 heteroatoms. The van der Waals surface area contributed by atoms with Crippen LogP contribution in [0, 0.1) is 0 Å². The van der Waals surface area contributed by atoms with Crippen molar-refractivity contribution in [3.8, 4) is 11.5 Å². The van der Waals surface area contributed by atoms with Gasteiger partial charge in [0.05, 0.1) is 11.1 Å². The van der Waals surface area contributed by atoms with E-state index in [0.717, 1.165) is 24.3 Å². The lowest BCUT2D eigenvalue weighted by Gasteiger charge is -2.48. The van der Waals surface area contributed by atoms with Gasteiger partial charge in [0.1, 0.15) is 25.2 Å². The average Bonchev–Trinajstić information content (AvgIpc) is 3.30. The van der Waals surface area contributed by atoms with Crippen LogP contribution in [0.1, 0.15) is 77.4 Å². The molecule has 0 atom stereocenters. The van der Waals surface area contributed by atoms with Gasteiger partial charge in [0, 0.05) is 16.7 Å². The van der Waals surface area contributed by atoms with Crippen LogP contribution in [0.5, 0.6) is 11.5 Å². The molecular weight excluding hydrogens is 751 g/mol. The summed E-state index contributed by atoms with van der Waals surface area (Å²) in [6.07, 6.45) is 1.78. The zero-order chi connectivity index (χ0) is 37.6. The second-order valence-electron chi connectivity index (χ2n) is 13.4. The van der Waals surface area contributed by atoms with Crippen LogP contribution < -0.4 is 18.7 Å². The number of alkyl halides is 6. The predicted octanol–water partition coefficient (Wildman–Crippen LogP) is 5.62. The molecule has 0 unspecified atom stereocenters. The summed E-state index contributed by atoms with van der Waals surface area (Å²) < 4.78 is 149. The van der Waals surface area contributed by atoms with E-state index in [9.17, 15) is 52.8 Å². The fourth-order valence-electron chi connectivity index (χ4n) is 7.01. The summed E-state index contributed by atoms with van der Waals surface area (Å²) in [4.78, 5) is 26.8. The molecule has 3 aromatic rings. The van der Waals surface area contributed by atoms with E-state index < -0.39 is 74.0 Å². The summed E-state index contributed by atoms with van der Waals surface area (Å²) in [7, 11) is -15.7. The Hall–Kier alpha value is -4.10. The molecule has 0 radical (unpaired) electrons. The maximum Gasteiger partial charge on any atom is 0.534 e. The van der Waals surface area contributed by atoms with Crippen molar-refractivity contribution in [1.82, 2.24) is 0 Å². The van der Waals surface area contributed by atoms with Crippen molar-refractivity contribution >= 4 is 50.6 Å². The molecule has 0 amide bonds. The van der Waals surface area contributed by atoms with E-state index in [1.165, 1.54) is 30.3 Å². The Bertz CT molecular complexity index is 2090. The van der Waals surface area contributed by atoms with Crippen molar-refractivity contribution in [1.29, 1.82) is 0 Å². The number of benzene rings is 3. The first-order chi connectivity index (χ1) is 23.4. The molecule has 6 rings (SSSR count). The number of ether oxygens (including phenoxy) is 2. The average molecular weight is 779 g/mol. The smallest absolute Gasteiger partial charge is 0.456 e. The van der Waals surface area contributed by atoms with Crippen LogP contribution in [0.3, 0.4) is 0 Å². The van der Waals surface area contributed by atoms with Crippen molar-refractivity contribution in [3.05, 3.63) is 82.4 Å². The highest BCUT2D eigenvalue weighted by molar-refractivity contribution is 7.88. The lowest BCUT2D eigenvalue weighted by Crippen LogP contribution is -2.67. The molecule has 1 fully saturated rings. The van der Waals surface area contributed by atoms with Crippen molar-refractivity contribution in [2.24, 2.45) is 0 Å². The fraction of sp³-hybridized carbons (Fsp3) is 0.375. The molecule has 0 saturated carbocycles. The number of esters is 2. The quantitative estimate of drug-likeness (QED) is 0.105. The van der Waals surface area contributed by atoms with Crippen LogP contribution >= 0.6 is 0 Å². The second-order valence-corrected chi connectivity index (χ2v) is 20.7. The molecule has 3 aliphatic rings. The predicted molar refractivity (Wildman–Crippen MR) is 169 cm³/mol. The first-order valence-electron chi connectivity index (χ1n) is 15.3. The molecule has 3 aromatic carbocycles. The van der Waals surface area contributed by atoms with Gasteiger partial charge in [-0.1, -0.05) is 31.4 Å². The Kier molecular flexibility index (Phi) is 8.42. The van der Waals surface area contributed by atoms with Gasteiger partial charge in [-0.2, -0.15) is 43.2 Å². The van der Waals surface area contributed by atoms with Gasteiger partial charge in [0.2, 0.25) is 0 Å². The maximum absolute atomic E-state index is 13.6. The zero-order valence-electron chi connectivity index (χ0n) is 26.9. The standard InChI is InChI=1S/C32H28F6O10S2Si/c1-29(2,3)45-27(39)18-7-10-21-24(15-18)30(46-28(21)40)22-11-8-19(47-49(41,42)31(33,34)35)16-25(22)51(13-5-4-6-14-51)26-17-20(9-12-23(26)30)48-50(43,44)32(36,37)38/h7-12,15-17H,4-6,13-14H2,1-3H3. The number of halogens is 6. The lowest BCUT2D eigenvalue weighted by atomic mass is 9.78. The highest BCUT2D eigenvalue weighted by Crippen LogP contribution is 2.51. The summed E-state index contributed by atoms with van der Waals surface area (Å²) in [6.45, 7) is 4.89. The number of hydrogen-bond acceptors (Lipinski definition) is 10. The second kappa shape index (κ2) is 11.7.